The van der Waals surface area contributed by atoms with Crippen molar-refractivity contribution < 1.29 is 24.2 Å². The van der Waals surface area contributed by atoms with Crippen molar-refractivity contribution in [1.82, 2.24) is 0 Å². The third kappa shape index (κ3) is 2.14. The minimum Gasteiger partial charge on any atom is -0.459 e. The number of hydrogen-bond acceptors (Lipinski definition) is 5. The SMILES string of the molecule is CC(=O)OC12CC3CC(O)(C1)CC(OC(C)=O)(C3)C2. The lowest BCUT2D eigenvalue weighted by Crippen LogP contribution is -2.67. The van der Waals surface area contributed by atoms with Crippen LogP contribution in [0.4, 0.5) is 0 Å². The fraction of sp³-hybridized carbons (Fsp3) is 0.857. The molecule has 0 aromatic rings. The van der Waals surface area contributed by atoms with Crippen molar-refractivity contribution in [3.8, 4) is 0 Å². The molecule has 0 aromatic heterocycles. The van der Waals surface area contributed by atoms with Crippen LogP contribution in [0, 0.1) is 5.92 Å². The molecule has 0 aromatic carbocycles. The number of carbonyl (C=O) groups excluding carboxylic acids is 2. The fourth-order valence-corrected chi connectivity index (χ4v) is 5.05. The molecular formula is C14H20O5. The molecule has 2 atom stereocenters. The van der Waals surface area contributed by atoms with Crippen LogP contribution < -0.4 is 0 Å². The molecule has 5 nitrogen and oxygen atoms in total. The Bertz CT molecular complexity index is 411. The molecule has 19 heavy (non-hydrogen) atoms. The molecule has 106 valence electrons. The highest BCUT2D eigenvalue weighted by Crippen LogP contribution is 2.61. The van der Waals surface area contributed by atoms with Gasteiger partial charge >= 0.3 is 11.9 Å². The van der Waals surface area contributed by atoms with Gasteiger partial charge in [0, 0.05) is 33.1 Å². The maximum atomic E-state index is 11.3. The van der Waals surface area contributed by atoms with E-state index in [0.717, 1.165) is 19.3 Å². The third-order valence-electron chi connectivity index (χ3n) is 4.66. The molecule has 0 amide bonds. The van der Waals surface area contributed by atoms with Crippen molar-refractivity contribution in [2.45, 2.75) is 69.2 Å². The summed E-state index contributed by atoms with van der Waals surface area (Å²) in [5.74, 6) is -0.396. The van der Waals surface area contributed by atoms with E-state index in [9.17, 15) is 14.7 Å². The average molecular weight is 268 g/mol. The van der Waals surface area contributed by atoms with Crippen molar-refractivity contribution in [3.63, 3.8) is 0 Å². The molecule has 5 heteroatoms. The Morgan fingerprint density at radius 2 is 1.42 bits per heavy atom. The quantitative estimate of drug-likeness (QED) is 0.765. The summed E-state index contributed by atoms with van der Waals surface area (Å²) >= 11 is 0. The largest absolute Gasteiger partial charge is 0.459 e. The van der Waals surface area contributed by atoms with Crippen LogP contribution in [0.15, 0.2) is 0 Å². The summed E-state index contributed by atoms with van der Waals surface area (Å²) in [5.41, 5.74) is -2.14. The van der Waals surface area contributed by atoms with Gasteiger partial charge in [-0.2, -0.15) is 0 Å². The van der Waals surface area contributed by atoms with Gasteiger partial charge in [0.15, 0.2) is 0 Å². The fourth-order valence-electron chi connectivity index (χ4n) is 5.05. The molecular weight excluding hydrogens is 248 g/mol. The maximum Gasteiger partial charge on any atom is 0.303 e. The van der Waals surface area contributed by atoms with E-state index in [-0.39, 0.29) is 17.9 Å². The second-order valence-electron chi connectivity index (χ2n) is 6.79. The lowest BCUT2D eigenvalue weighted by molar-refractivity contribution is -0.266. The van der Waals surface area contributed by atoms with E-state index >= 15 is 0 Å². The monoisotopic (exact) mass is 268 g/mol. The van der Waals surface area contributed by atoms with Crippen molar-refractivity contribution in [2.75, 3.05) is 0 Å². The van der Waals surface area contributed by atoms with Gasteiger partial charge in [0.25, 0.3) is 0 Å². The lowest BCUT2D eigenvalue weighted by Gasteiger charge is -2.62. The highest BCUT2D eigenvalue weighted by Gasteiger charge is 2.66. The Labute approximate surface area is 112 Å². The van der Waals surface area contributed by atoms with E-state index in [4.69, 9.17) is 9.47 Å². The van der Waals surface area contributed by atoms with Crippen LogP contribution in [0.1, 0.15) is 52.4 Å². The first-order valence-corrected chi connectivity index (χ1v) is 6.86. The van der Waals surface area contributed by atoms with Crippen molar-refractivity contribution in [2.24, 2.45) is 5.92 Å². The molecule has 0 aliphatic heterocycles. The van der Waals surface area contributed by atoms with Gasteiger partial charge < -0.3 is 14.6 Å². The van der Waals surface area contributed by atoms with E-state index in [2.05, 4.69) is 0 Å². The molecule has 1 N–H and O–H groups in total. The Kier molecular flexibility index (Phi) is 2.53. The topological polar surface area (TPSA) is 72.8 Å². The Hall–Kier alpha value is -1.10. The van der Waals surface area contributed by atoms with Crippen LogP contribution in [0.3, 0.4) is 0 Å². The zero-order valence-electron chi connectivity index (χ0n) is 11.4. The number of ether oxygens (including phenoxy) is 2. The van der Waals surface area contributed by atoms with Gasteiger partial charge in [-0.05, 0) is 25.2 Å². The zero-order chi connectivity index (χ0) is 13.9. The van der Waals surface area contributed by atoms with Crippen molar-refractivity contribution in [1.29, 1.82) is 0 Å². The Balaban J connectivity index is 1.94. The van der Waals surface area contributed by atoms with E-state index in [1.807, 2.05) is 0 Å². The van der Waals surface area contributed by atoms with Gasteiger partial charge in [-0.3, -0.25) is 9.59 Å². The predicted molar refractivity (Wildman–Crippen MR) is 65.1 cm³/mol. The van der Waals surface area contributed by atoms with Crippen LogP contribution in [-0.4, -0.2) is 33.8 Å². The first-order chi connectivity index (χ1) is 8.74. The Morgan fingerprint density at radius 1 is 0.947 bits per heavy atom. The summed E-state index contributed by atoms with van der Waals surface area (Å²) in [4.78, 5) is 22.7. The summed E-state index contributed by atoms with van der Waals surface area (Å²) < 4.78 is 11.1. The van der Waals surface area contributed by atoms with E-state index in [0.29, 0.717) is 19.3 Å². The predicted octanol–water partition coefficient (Wildman–Crippen LogP) is 1.32. The molecule has 0 spiro atoms. The standard InChI is InChI=1S/C14H20O5/c1-9(15)18-13-4-11-3-12(17,6-13)7-14(5-11,8-13)19-10(2)16/h11,17H,3-8H2,1-2H3. The van der Waals surface area contributed by atoms with Crippen molar-refractivity contribution >= 4 is 11.9 Å². The summed E-state index contributed by atoms with van der Waals surface area (Å²) in [6.45, 7) is 2.78. The molecule has 4 aliphatic carbocycles. The molecule has 4 fully saturated rings. The molecule has 4 rings (SSSR count). The number of carbonyl (C=O) groups is 2. The molecule has 4 aliphatic rings. The first-order valence-electron chi connectivity index (χ1n) is 6.86. The average Bonchev–Trinajstić information content (AvgIpc) is 2.06. The van der Waals surface area contributed by atoms with Crippen LogP contribution in [0.25, 0.3) is 0 Å². The van der Waals surface area contributed by atoms with E-state index in [1.54, 1.807) is 0 Å². The van der Waals surface area contributed by atoms with Gasteiger partial charge in [0.05, 0.1) is 5.60 Å². The smallest absolute Gasteiger partial charge is 0.303 e. The maximum absolute atomic E-state index is 11.3. The molecule has 2 unspecified atom stereocenters. The summed E-state index contributed by atoms with van der Waals surface area (Å²) in [6, 6.07) is 0. The minimum absolute atomic E-state index is 0.264. The highest BCUT2D eigenvalue weighted by molar-refractivity contribution is 5.67. The molecule has 0 radical (unpaired) electrons. The number of hydrogen-bond donors (Lipinski definition) is 1. The van der Waals surface area contributed by atoms with Gasteiger partial charge in [-0.25, -0.2) is 0 Å². The molecule has 4 saturated carbocycles. The summed E-state index contributed by atoms with van der Waals surface area (Å²) in [6.07, 6.45) is 3.74. The summed E-state index contributed by atoms with van der Waals surface area (Å²) in [7, 11) is 0. The number of esters is 2. The number of rotatable bonds is 2. The first kappa shape index (κ1) is 12.9. The van der Waals surface area contributed by atoms with E-state index in [1.165, 1.54) is 13.8 Å². The molecule has 4 bridgehead atoms. The second-order valence-corrected chi connectivity index (χ2v) is 6.79. The van der Waals surface area contributed by atoms with Crippen LogP contribution >= 0.6 is 0 Å². The van der Waals surface area contributed by atoms with E-state index < -0.39 is 16.8 Å². The highest BCUT2D eigenvalue weighted by atomic mass is 16.6. The van der Waals surface area contributed by atoms with Gasteiger partial charge in [-0.15, -0.1) is 0 Å². The minimum atomic E-state index is -0.857. The normalized spacial score (nSPS) is 47.0. The van der Waals surface area contributed by atoms with Gasteiger partial charge in [0.2, 0.25) is 0 Å². The summed E-state index contributed by atoms with van der Waals surface area (Å²) in [5, 5.41) is 10.7. The van der Waals surface area contributed by atoms with Crippen LogP contribution in [-0.2, 0) is 19.1 Å². The van der Waals surface area contributed by atoms with Crippen LogP contribution in [0.2, 0.25) is 0 Å². The molecule has 0 heterocycles. The third-order valence-corrected chi connectivity index (χ3v) is 4.66. The van der Waals surface area contributed by atoms with Gasteiger partial charge in [0.1, 0.15) is 11.2 Å². The van der Waals surface area contributed by atoms with Crippen LogP contribution in [0.5, 0.6) is 0 Å². The zero-order valence-corrected chi connectivity index (χ0v) is 11.4. The second kappa shape index (κ2) is 3.72. The number of aliphatic hydroxyl groups is 1. The van der Waals surface area contributed by atoms with Gasteiger partial charge in [-0.1, -0.05) is 0 Å². The lowest BCUT2D eigenvalue weighted by atomic mass is 9.50. The molecule has 0 saturated heterocycles. The Morgan fingerprint density at radius 3 is 1.79 bits per heavy atom. The van der Waals surface area contributed by atoms with Crippen molar-refractivity contribution in [3.05, 3.63) is 0 Å².